The summed E-state index contributed by atoms with van der Waals surface area (Å²) in [7, 11) is 3.16. The zero-order chi connectivity index (χ0) is 17.0. The van der Waals surface area contributed by atoms with E-state index in [9.17, 15) is 9.59 Å². The molecular weight excluding hydrogens is 290 g/mol. The SMILES string of the molecule is CCn1c(C)c(C(=O)NC)c(C(=O)NC)c1Cc1ccccc1. The molecule has 0 aliphatic rings. The van der Waals surface area contributed by atoms with Crippen LogP contribution in [0.15, 0.2) is 30.3 Å². The first-order chi connectivity index (χ1) is 11.0. The first-order valence-electron chi connectivity index (χ1n) is 7.75. The van der Waals surface area contributed by atoms with Crippen LogP contribution in [-0.4, -0.2) is 30.5 Å². The average Bonchev–Trinajstić information content (AvgIpc) is 2.85. The molecule has 0 saturated carbocycles. The zero-order valence-electron chi connectivity index (χ0n) is 14.1. The van der Waals surface area contributed by atoms with Gasteiger partial charge in [0.1, 0.15) is 0 Å². The maximum absolute atomic E-state index is 12.4. The Bertz CT molecular complexity index is 718. The van der Waals surface area contributed by atoms with Crippen molar-refractivity contribution in [3.8, 4) is 0 Å². The number of hydrogen-bond donors (Lipinski definition) is 2. The summed E-state index contributed by atoms with van der Waals surface area (Å²) in [5.41, 5.74) is 3.72. The van der Waals surface area contributed by atoms with Gasteiger partial charge in [0.2, 0.25) is 0 Å². The van der Waals surface area contributed by atoms with Crippen molar-refractivity contribution in [1.82, 2.24) is 15.2 Å². The van der Waals surface area contributed by atoms with Crippen molar-refractivity contribution in [1.29, 1.82) is 0 Å². The van der Waals surface area contributed by atoms with Crippen molar-refractivity contribution < 1.29 is 9.59 Å². The summed E-state index contributed by atoms with van der Waals surface area (Å²) in [6, 6.07) is 9.95. The molecule has 0 unspecified atom stereocenters. The number of nitrogens with zero attached hydrogens (tertiary/aromatic N) is 1. The molecule has 1 heterocycles. The third-order valence-electron chi connectivity index (χ3n) is 4.07. The van der Waals surface area contributed by atoms with Gasteiger partial charge >= 0.3 is 0 Å². The molecule has 2 amide bonds. The van der Waals surface area contributed by atoms with Gasteiger partial charge in [-0.3, -0.25) is 9.59 Å². The van der Waals surface area contributed by atoms with Gasteiger partial charge in [0, 0.05) is 38.4 Å². The van der Waals surface area contributed by atoms with Gasteiger partial charge in [-0.05, 0) is 19.4 Å². The summed E-state index contributed by atoms with van der Waals surface area (Å²) in [5, 5.41) is 5.30. The minimum Gasteiger partial charge on any atom is -0.355 e. The Hall–Kier alpha value is -2.56. The van der Waals surface area contributed by atoms with E-state index >= 15 is 0 Å². The first-order valence-corrected chi connectivity index (χ1v) is 7.75. The Balaban J connectivity index is 2.67. The molecule has 1 aromatic carbocycles. The number of hydrogen-bond acceptors (Lipinski definition) is 2. The van der Waals surface area contributed by atoms with E-state index in [4.69, 9.17) is 0 Å². The minimum absolute atomic E-state index is 0.232. The third-order valence-corrected chi connectivity index (χ3v) is 4.07. The number of benzene rings is 1. The molecule has 2 N–H and O–H groups in total. The predicted octanol–water partition coefficient (Wildman–Crippen LogP) is 2.13. The maximum atomic E-state index is 12.4. The lowest BCUT2D eigenvalue weighted by Crippen LogP contribution is -2.25. The van der Waals surface area contributed by atoms with Crippen molar-refractivity contribution >= 4 is 11.8 Å². The van der Waals surface area contributed by atoms with Gasteiger partial charge < -0.3 is 15.2 Å². The maximum Gasteiger partial charge on any atom is 0.253 e. The number of nitrogens with one attached hydrogen (secondary N) is 2. The Morgan fingerprint density at radius 1 is 1.00 bits per heavy atom. The lowest BCUT2D eigenvalue weighted by Gasteiger charge is -2.10. The fraction of sp³-hybridized carbons (Fsp3) is 0.333. The van der Waals surface area contributed by atoms with E-state index in [1.165, 1.54) is 0 Å². The van der Waals surface area contributed by atoms with E-state index in [1.54, 1.807) is 14.1 Å². The van der Waals surface area contributed by atoms with Crippen LogP contribution in [0, 0.1) is 6.92 Å². The molecule has 0 aliphatic carbocycles. The van der Waals surface area contributed by atoms with Gasteiger partial charge in [-0.2, -0.15) is 0 Å². The normalized spacial score (nSPS) is 10.4. The smallest absolute Gasteiger partial charge is 0.253 e. The molecule has 0 radical (unpaired) electrons. The summed E-state index contributed by atoms with van der Waals surface area (Å²) < 4.78 is 2.04. The lowest BCUT2D eigenvalue weighted by atomic mass is 10.0. The van der Waals surface area contributed by atoms with Crippen LogP contribution >= 0.6 is 0 Å². The van der Waals surface area contributed by atoms with E-state index < -0.39 is 0 Å². The molecule has 122 valence electrons. The number of aromatic nitrogens is 1. The predicted molar refractivity (Wildman–Crippen MR) is 90.9 cm³/mol. The number of amides is 2. The molecule has 5 nitrogen and oxygen atoms in total. The van der Waals surface area contributed by atoms with Crippen LogP contribution in [0.25, 0.3) is 0 Å². The van der Waals surface area contributed by atoms with Crippen LogP contribution in [0.2, 0.25) is 0 Å². The van der Waals surface area contributed by atoms with Gasteiger partial charge in [-0.15, -0.1) is 0 Å². The Kier molecular flexibility index (Phi) is 5.21. The van der Waals surface area contributed by atoms with E-state index in [-0.39, 0.29) is 11.8 Å². The van der Waals surface area contributed by atoms with Gasteiger partial charge in [0.05, 0.1) is 11.1 Å². The Morgan fingerprint density at radius 2 is 1.57 bits per heavy atom. The Labute approximate surface area is 136 Å². The number of rotatable bonds is 5. The van der Waals surface area contributed by atoms with Gasteiger partial charge in [-0.25, -0.2) is 0 Å². The van der Waals surface area contributed by atoms with Crippen LogP contribution in [0.4, 0.5) is 0 Å². The molecule has 0 bridgehead atoms. The highest BCUT2D eigenvalue weighted by Crippen LogP contribution is 2.25. The molecule has 0 atom stereocenters. The highest BCUT2D eigenvalue weighted by Gasteiger charge is 2.27. The monoisotopic (exact) mass is 313 g/mol. The topological polar surface area (TPSA) is 63.1 Å². The zero-order valence-corrected chi connectivity index (χ0v) is 14.1. The van der Waals surface area contributed by atoms with Crippen molar-refractivity contribution in [2.45, 2.75) is 26.8 Å². The van der Waals surface area contributed by atoms with Crippen LogP contribution in [0.3, 0.4) is 0 Å². The summed E-state index contributed by atoms with van der Waals surface area (Å²) >= 11 is 0. The van der Waals surface area contributed by atoms with E-state index in [0.29, 0.717) is 24.1 Å². The average molecular weight is 313 g/mol. The molecule has 0 saturated heterocycles. The van der Waals surface area contributed by atoms with Gasteiger partial charge in [0.15, 0.2) is 0 Å². The highest BCUT2D eigenvalue weighted by molar-refractivity contribution is 6.09. The molecular formula is C18H23N3O2. The molecule has 2 aromatic rings. The van der Waals surface area contributed by atoms with Crippen molar-refractivity contribution in [3.05, 3.63) is 58.4 Å². The van der Waals surface area contributed by atoms with Gasteiger partial charge in [-0.1, -0.05) is 30.3 Å². The highest BCUT2D eigenvalue weighted by atomic mass is 16.2. The van der Waals surface area contributed by atoms with E-state index in [2.05, 4.69) is 10.6 Å². The molecule has 23 heavy (non-hydrogen) atoms. The molecule has 0 spiro atoms. The molecule has 0 fully saturated rings. The second kappa shape index (κ2) is 7.13. The summed E-state index contributed by atoms with van der Waals surface area (Å²) in [6.07, 6.45) is 0.606. The summed E-state index contributed by atoms with van der Waals surface area (Å²) in [5.74, 6) is -0.465. The standard InChI is InChI=1S/C18H23N3O2/c1-5-21-12(2)15(17(22)19-3)16(18(23)20-4)14(21)11-13-9-7-6-8-10-13/h6-10H,5,11H2,1-4H3,(H,19,22)(H,20,23). The molecule has 1 aromatic heterocycles. The van der Waals surface area contributed by atoms with Crippen molar-refractivity contribution in [2.75, 3.05) is 14.1 Å². The molecule has 0 aliphatic heterocycles. The second-order valence-electron chi connectivity index (χ2n) is 5.35. The number of carbonyl (C=O) groups is 2. The van der Waals surface area contributed by atoms with Gasteiger partial charge in [0.25, 0.3) is 11.8 Å². The molecule has 2 rings (SSSR count). The van der Waals surface area contributed by atoms with Crippen LogP contribution in [0.5, 0.6) is 0 Å². The first kappa shape index (κ1) is 16.8. The number of carbonyl (C=O) groups excluding carboxylic acids is 2. The van der Waals surface area contributed by atoms with Crippen molar-refractivity contribution in [2.24, 2.45) is 0 Å². The van der Waals surface area contributed by atoms with Crippen LogP contribution in [-0.2, 0) is 13.0 Å². The van der Waals surface area contributed by atoms with E-state index in [1.807, 2.05) is 48.7 Å². The minimum atomic E-state index is -0.234. The largest absolute Gasteiger partial charge is 0.355 e. The van der Waals surface area contributed by atoms with Crippen LogP contribution < -0.4 is 10.6 Å². The molecule has 5 heteroatoms. The third kappa shape index (κ3) is 3.13. The fourth-order valence-corrected chi connectivity index (χ4v) is 2.97. The fourth-order valence-electron chi connectivity index (χ4n) is 2.97. The van der Waals surface area contributed by atoms with Crippen molar-refractivity contribution in [3.63, 3.8) is 0 Å². The second-order valence-corrected chi connectivity index (χ2v) is 5.35. The summed E-state index contributed by atoms with van der Waals surface area (Å²) in [4.78, 5) is 24.7. The lowest BCUT2D eigenvalue weighted by molar-refractivity contribution is 0.0929. The Morgan fingerprint density at radius 3 is 2.09 bits per heavy atom. The van der Waals surface area contributed by atoms with Crippen LogP contribution in [0.1, 0.15) is 44.6 Å². The van der Waals surface area contributed by atoms with E-state index in [0.717, 1.165) is 17.0 Å². The summed E-state index contributed by atoms with van der Waals surface area (Å²) in [6.45, 7) is 4.60. The quantitative estimate of drug-likeness (QED) is 0.888.